The number of hydrogen-bond donors (Lipinski definition) is 1. The van der Waals surface area contributed by atoms with Crippen LogP contribution in [0.3, 0.4) is 0 Å². The van der Waals surface area contributed by atoms with Crippen LogP contribution in [-0.4, -0.2) is 34.3 Å². The molecule has 0 aromatic heterocycles. The van der Waals surface area contributed by atoms with Gasteiger partial charge in [-0.2, -0.15) is 0 Å². The van der Waals surface area contributed by atoms with E-state index < -0.39 is 15.9 Å². The number of sulfonamides is 1. The number of allylic oxidation sites excluding steroid dienone is 1. The second kappa shape index (κ2) is 9.30. The van der Waals surface area contributed by atoms with Gasteiger partial charge in [-0.3, -0.25) is 4.79 Å². The molecular formula is C21H20Cl2N2O5S. The van der Waals surface area contributed by atoms with Crippen molar-refractivity contribution >= 4 is 44.8 Å². The van der Waals surface area contributed by atoms with E-state index in [0.29, 0.717) is 33.5 Å². The number of rotatable bonds is 7. The number of nitrogens with one attached hydrogen (secondary N) is 1. The highest BCUT2D eigenvalue weighted by Gasteiger charge is 2.30. The number of nitrogens with zero attached hydrogens (tertiary/aromatic N) is 1. The topological polar surface area (TPSA) is 94.1 Å². The molecule has 10 heteroatoms. The number of ether oxygens (including phenoxy) is 2. The Morgan fingerprint density at radius 2 is 1.90 bits per heavy atom. The molecule has 1 heterocycles. The Labute approximate surface area is 190 Å². The molecule has 2 aromatic rings. The first kappa shape index (κ1) is 23.1. The van der Waals surface area contributed by atoms with Gasteiger partial charge in [0.15, 0.2) is 0 Å². The van der Waals surface area contributed by atoms with Gasteiger partial charge in [-0.05, 0) is 30.7 Å². The Morgan fingerprint density at radius 3 is 2.55 bits per heavy atom. The summed E-state index contributed by atoms with van der Waals surface area (Å²) in [6.45, 7) is 1.92. The Hall–Kier alpha value is -2.55. The summed E-state index contributed by atoms with van der Waals surface area (Å²) in [5.74, 6) is -0.708. The van der Waals surface area contributed by atoms with Gasteiger partial charge < -0.3 is 9.47 Å². The molecule has 0 bridgehead atoms. The molecule has 31 heavy (non-hydrogen) atoms. The molecule has 1 unspecified atom stereocenters. The molecule has 0 saturated heterocycles. The van der Waals surface area contributed by atoms with Crippen LogP contribution in [0.4, 0.5) is 0 Å². The third-order valence-corrected chi connectivity index (χ3v) is 6.91. The number of aliphatic imine (C=N–C) groups is 1. The van der Waals surface area contributed by atoms with Crippen LogP contribution in [0.15, 0.2) is 58.1 Å². The van der Waals surface area contributed by atoms with E-state index in [2.05, 4.69) is 4.99 Å². The average molecular weight is 483 g/mol. The summed E-state index contributed by atoms with van der Waals surface area (Å²) in [7, 11) is -1.52. The summed E-state index contributed by atoms with van der Waals surface area (Å²) in [5, 5.41) is 0.687. The molecule has 1 N–H and O–H groups in total. The van der Waals surface area contributed by atoms with Crippen molar-refractivity contribution in [1.82, 2.24) is 4.72 Å². The predicted molar refractivity (Wildman–Crippen MR) is 120 cm³/mol. The highest BCUT2D eigenvalue weighted by molar-refractivity contribution is 7.90. The van der Waals surface area contributed by atoms with E-state index in [9.17, 15) is 13.2 Å². The Morgan fingerprint density at radius 1 is 1.16 bits per heavy atom. The Balaban J connectivity index is 1.93. The third kappa shape index (κ3) is 4.71. The summed E-state index contributed by atoms with van der Waals surface area (Å²) >= 11 is 12.4. The number of carbonyl (C=O) groups is 1. The molecule has 1 aliphatic rings. The van der Waals surface area contributed by atoms with Gasteiger partial charge in [0.1, 0.15) is 22.1 Å². The standard InChI is InChI=1S/C21H20Cl2N2O5S/c1-4-12-10-16(24-20(12)14-6-5-7-15(22)19(14)23)21(26)25-31(27,28)18-11-13(29-2)8-9-17(18)30-3/h5-12H,4H2,1-3H3,(H,25,26). The van der Waals surface area contributed by atoms with Crippen molar-refractivity contribution in [2.24, 2.45) is 10.9 Å². The molecule has 0 spiro atoms. The van der Waals surface area contributed by atoms with Gasteiger partial charge in [0.2, 0.25) is 0 Å². The minimum atomic E-state index is -4.26. The van der Waals surface area contributed by atoms with Gasteiger partial charge in [0.05, 0.1) is 30.0 Å². The van der Waals surface area contributed by atoms with Crippen molar-refractivity contribution in [2.45, 2.75) is 18.2 Å². The van der Waals surface area contributed by atoms with E-state index in [1.807, 2.05) is 11.6 Å². The lowest BCUT2D eigenvalue weighted by molar-refractivity contribution is -0.115. The molecular weight excluding hydrogens is 463 g/mol. The Kier molecular flexibility index (Phi) is 6.93. The van der Waals surface area contributed by atoms with Crippen LogP contribution in [0.1, 0.15) is 18.9 Å². The quantitative estimate of drug-likeness (QED) is 0.636. The van der Waals surface area contributed by atoms with E-state index in [-0.39, 0.29) is 22.3 Å². The lowest BCUT2D eigenvalue weighted by Crippen LogP contribution is -2.31. The van der Waals surface area contributed by atoms with Gasteiger partial charge in [0, 0.05) is 17.5 Å². The number of halogens is 2. The molecule has 0 aliphatic carbocycles. The van der Waals surface area contributed by atoms with E-state index >= 15 is 0 Å². The first-order valence-electron chi connectivity index (χ1n) is 9.25. The smallest absolute Gasteiger partial charge is 0.283 e. The molecule has 2 aromatic carbocycles. The number of methoxy groups -OCH3 is 2. The third-order valence-electron chi connectivity index (χ3n) is 4.74. The fourth-order valence-corrected chi connectivity index (χ4v) is 4.69. The monoisotopic (exact) mass is 482 g/mol. The van der Waals surface area contributed by atoms with Crippen LogP contribution in [0.25, 0.3) is 0 Å². The normalized spacial score (nSPS) is 15.8. The van der Waals surface area contributed by atoms with E-state index in [1.165, 1.54) is 26.4 Å². The van der Waals surface area contributed by atoms with Crippen molar-refractivity contribution < 1.29 is 22.7 Å². The van der Waals surface area contributed by atoms with Gasteiger partial charge in [-0.15, -0.1) is 0 Å². The molecule has 7 nitrogen and oxygen atoms in total. The second-order valence-electron chi connectivity index (χ2n) is 6.62. The first-order chi connectivity index (χ1) is 14.7. The van der Waals surface area contributed by atoms with Gasteiger partial charge in [0.25, 0.3) is 15.9 Å². The molecule has 0 saturated carbocycles. The number of benzene rings is 2. The van der Waals surface area contributed by atoms with Crippen molar-refractivity contribution in [3.8, 4) is 11.5 Å². The zero-order chi connectivity index (χ0) is 22.8. The first-order valence-corrected chi connectivity index (χ1v) is 11.5. The van der Waals surface area contributed by atoms with Crippen LogP contribution in [0, 0.1) is 5.92 Å². The average Bonchev–Trinajstić information content (AvgIpc) is 3.19. The summed E-state index contributed by atoms with van der Waals surface area (Å²) in [4.78, 5) is 16.9. The molecule has 1 amide bonds. The van der Waals surface area contributed by atoms with Gasteiger partial charge in [-0.1, -0.05) is 42.3 Å². The summed E-state index contributed by atoms with van der Waals surface area (Å²) in [5.41, 5.74) is 1.12. The molecule has 1 atom stereocenters. The summed E-state index contributed by atoms with van der Waals surface area (Å²) < 4.78 is 38.0. The lowest BCUT2D eigenvalue weighted by Gasteiger charge is -2.12. The second-order valence-corrected chi connectivity index (χ2v) is 9.05. The largest absolute Gasteiger partial charge is 0.497 e. The zero-order valence-corrected chi connectivity index (χ0v) is 19.3. The number of carbonyl (C=O) groups excluding carboxylic acids is 1. The fraction of sp³-hybridized carbons (Fsp3) is 0.238. The summed E-state index contributed by atoms with van der Waals surface area (Å²) in [6.07, 6.45) is 2.25. The molecule has 0 radical (unpaired) electrons. The minimum Gasteiger partial charge on any atom is -0.497 e. The van der Waals surface area contributed by atoms with Crippen molar-refractivity contribution in [3.05, 3.63) is 63.8 Å². The maximum atomic E-state index is 12.9. The predicted octanol–water partition coefficient (Wildman–Crippen LogP) is 4.23. The van der Waals surface area contributed by atoms with E-state index in [4.69, 9.17) is 32.7 Å². The van der Waals surface area contributed by atoms with Gasteiger partial charge >= 0.3 is 0 Å². The maximum Gasteiger partial charge on any atom is 0.283 e. The van der Waals surface area contributed by atoms with Crippen LogP contribution in [0.2, 0.25) is 10.0 Å². The van der Waals surface area contributed by atoms with Crippen molar-refractivity contribution in [3.63, 3.8) is 0 Å². The van der Waals surface area contributed by atoms with Crippen LogP contribution in [-0.2, 0) is 14.8 Å². The van der Waals surface area contributed by atoms with E-state index in [1.54, 1.807) is 30.3 Å². The van der Waals surface area contributed by atoms with Crippen molar-refractivity contribution in [1.29, 1.82) is 0 Å². The van der Waals surface area contributed by atoms with Crippen molar-refractivity contribution in [2.75, 3.05) is 14.2 Å². The number of amides is 1. The lowest BCUT2D eigenvalue weighted by atomic mass is 9.95. The number of hydrogen-bond acceptors (Lipinski definition) is 6. The molecule has 3 rings (SSSR count). The zero-order valence-electron chi connectivity index (χ0n) is 17.0. The summed E-state index contributed by atoms with van der Waals surface area (Å²) in [6, 6.07) is 9.40. The highest BCUT2D eigenvalue weighted by atomic mass is 35.5. The highest BCUT2D eigenvalue weighted by Crippen LogP contribution is 2.33. The van der Waals surface area contributed by atoms with Crippen LogP contribution in [0.5, 0.6) is 11.5 Å². The molecule has 164 valence electrons. The molecule has 0 fully saturated rings. The Bertz CT molecular complexity index is 1190. The maximum absolute atomic E-state index is 12.9. The van der Waals surface area contributed by atoms with Crippen LogP contribution >= 0.6 is 23.2 Å². The molecule has 1 aliphatic heterocycles. The van der Waals surface area contributed by atoms with E-state index in [0.717, 1.165) is 0 Å². The van der Waals surface area contributed by atoms with Crippen LogP contribution < -0.4 is 14.2 Å². The fourth-order valence-electron chi connectivity index (χ4n) is 3.14. The SMILES string of the molecule is CCC1C=C(C(=O)NS(=O)(=O)c2cc(OC)ccc2OC)N=C1c1cccc(Cl)c1Cl. The van der Waals surface area contributed by atoms with Gasteiger partial charge in [-0.25, -0.2) is 18.1 Å². The minimum absolute atomic E-state index is 0.0247.